The van der Waals surface area contributed by atoms with Crippen LogP contribution in [0.5, 0.6) is 0 Å². The lowest BCUT2D eigenvalue weighted by molar-refractivity contribution is -0.117. The molecule has 0 spiro atoms. The van der Waals surface area contributed by atoms with Gasteiger partial charge in [-0.15, -0.1) is 0 Å². The Morgan fingerprint density at radius 3 is 2.84 bits per heavy atom. The van der Waals surface area contributed by atoms with Gasteiger partial charge in [0.1, 0.15) is 5.82 Å². The predicted molar refractivity (Wildman–Crippen MR) is 73.6 cm³/mol. The first kappa shape index (κ1) is 12.9. The molecule has 2 nitrogen and oxygen atoms in total. The zero-order valence-corrected chi connectivity index (χ0v) is 11.4. The number of anilines is 1. The van der Waals surface area contributed by atoms with Crippen LogP contribution in [0.15, 0.2) is 18.2 Å². The Bertz CT molecular complexity index is 505. The fourth-order valence-corrected chi connectivity index (χ4v) is 3.82. The molecule has 0 unspecified atom stereocenters. The molecule has 2 aliphatic rings. The average Bonchev–Trinajstić information content (AvgIpc) is 2.95. The Balaban J connectivity index is 1.59. The van der Waals surface area contributed by atoms with Crippen molar-refractivity contribution in [2.24, 2.45) is 17.8 Å². The number of halogens is 2. The molecule has 102 valence electrons. The first-order valence-electron chi connectivity index (χ1n) is 6.86. The highest BCUT2D eigenvalue weighted by Crippen LogP contribution is 2.49. The number of benzene rings is 1. The SMILES string of the molecule is O=C(C[C@H]1C[C@@H]2CC[C@@H]1C2)Nc1ccc(Cl)cc1F. The van der Waals surface area contributed by atoms with Gasteiger partial charge in [0, 0.05) is 11.4 Å². The molecule has 0 heterocycles. The summed E-state index contributed by atoms with van der Waals surface area (Å²) in [5, 5.41) is 2.99. The third-order valence-electron chi connectivity index (χ3n) is 4.54. The van der Waals surface area contributed by atoms with Gasteiger partial charge in [-0.25, -0.2) is 4.39 Å². The lowest BCUT2D eigenvalue weighted by Gasteiger charge is -2.20. The number of nitrogens with one attached hydrogen (secondary N) is 1. The molecular weight excluding hydrogens is 265 g/mol. The molecule has 2 bridgehead atoms. The minimum absolute atomic E-state index is 0.0845. The highest BCUT2D eigenvalue weighted by molar-refractivity contribution is 6.30. The first-order chi connectivity index (χ1) is 9.11. The molecule has 0 aromatic heterocycles. The number of hydrogen-bond donors (Lipinski definition) is 1. The van der Waals surface area contributed by atoms with Crippen molar-refractivity contribution in [3.8, 4) is 0 Å². The van der Waals surface area contributed by atoms with E-state index in [0.717, 1.165) is 5.92 Å². The molecule has 3 atom stereocenters. The number of hydrogen-bond acceptors (Lipinski definition) is 1. The summed E-state index contributed by atoms with van der Waals surface area (Å²) in [5.74, 6) is 1.47. The van der Waals surface area contributed by atoms with Gasteiger partial charge in [0.25, 0.3) is 0 Å². The van der Waals surface area contributed by atoms with Crippen LogP contribution in [0.25, 0.3) is 0 Å². The quantitative estimate of drug-likeness (QED) is 0.882. The van der Waals surface area contributed by atoms with Gasteiger partial charge < -0.3 is 5.32 Å². The maximum Gasteiger partial charge on any atom is 0.224 e. The van der Waals surface area contributed by atoms with E-state index in [1.165, 1.54) is 37.8 Å². The van der Waals surface area contributed by atoms with Crippen LogP contribution in [-0.4, -0.2) is 5.91 Å². The van der Waals surface area contributed by atoms with Gasteiger partial charge in [-0.1, -0.05) is 18.0 Å². The Morgan fingerprint density at radius 1 is 1.37 bits per heavy atom. The lowest BCUT2D eigenvalue weighted by atomic mass is 9.86. The average molecular weight is 282 g/mol. The first-order valence-corrected chi connectivity index (χ1v) is 7.24. The lowest BCUT2D eigenvalue weighted by Crippen LogP contribution is -2.20. The summed E-state index contributed by atoms with van der Waals surface area (Å²) in [7, 11) is 0. The maximum atomic E-state index is 13.6. The molecule has 0 saturated heterocycles. The van der Waals surface area contributed by atoms with Crippen LogP contribution in [0.2, 0.25) is 5.02 Å². The van der Waals surface area contributed by atoms with Crippen molar-refractivity contribution in [2.75, 3.05) is 5.32 Å². The molecule has 1 amide bonds. The van der Waals surface area contributed by atoms with E-state index in [1.54, 1.807) is 6.07 Å². The van der Waals surface area contributed by atoms with Crippen molar-refractivity contribution >= 4 is 23.2 Å². The minimum atomic E-state index is -0.478. The van der Waals surface area contributed by atoms with Crippen molar-refractivity contribution < 1.29 is 9.18 Å². The van der Waals surface area contributed by atoms with Crippen molar-refractivity contribution in [3.05, 3.63) is 29.0 Å². The molecule has 1 aromatic carbocycles. The largest absolute Gasteiger partial charge is 0.324 e. The van der Waals surface area contributed by atoms with Gasteiger partial charge in [-0.05, 0) is 55.2 Å². The predicted octanol–water partition coefficient (Wildman–Crippen LogP) is 4.24. The van der Waals surface area contributed by atoms with Gasteiger partial charge in [-0.2, -0.15) is 0 Å². The Labute approximate surface area is 117 Å². The fourth-order valence-electron chi connectivity index (χ4n) is 3.66. The normalized spacial score (nSPS) is 28.6. The van der Waals surface area contributed by atoms with E-state index < -0.39 is 5.82 Å². The standard InChI is InChI=1S/C15H17ClFNO/c16-12-3-4-14(13(17)8-12)18-15(19)7-11-6-9-1-2-10(11)5-9/h3-4,8-11H,1-2,5-7H2,(H,18,19)/t9-,10-,11-/m1/s1. The van der Waals surface area contributed by atoms with Crippen molar-refractivity contribution in [1.29, 1.82) is 0 Å². The van der Waals surface area contributed by atoms with E-state index in [0.29, 0.717) is 23.3 Å². The van der Waals surface area contributed by atoms with Gasteiger partial charge in [-0.3, -0.25) is 4.79 Å². The third-order valence-corrected chi connectivity index (χ3v) is 4.77. The Kier molecular flexibility index (Phi) is 3.48. The second-order valence-corrected chi connectivity index (χ2v) is 6.25. The number of amides is 1. The highest BCUT2D eigenvalue weighted by atomic mass is 35.5. The molecule has 0 radical (unpaired) electrons. The summed E-state index contributed by atoms with van der Waals surface area (Å²) >= 11 is 5.68. The second kappa shape index (κ2) is 5.12. The van der Waals surface area contributed by atoms with E-state index in [2.05, 4.69) is 5.32 Å². The summed E-state index contributed by atoms with van der Waals surface area (Å²) in [4.78, 5) is 12.0. The zero-order valence-electron chi connectivity index (χ0n) is 10.7. The van der Waals surface area contributed by atoms with E-state index in [9.17, 15) is 9.18 Å². The third kappa shape index (κ3) is 2.76. The monoisotopic (exact) mass is 281 g/mol. The molecule has 2 saturated carbocycles. The molecule has 3 rings (SSSR count). The maximum absolute atomic E-state index is 13.6. The van der Waals surface area contributed by atoms with Crippen LogP contribution in [0.1, 0.15) is 32.1 Å². The molecule has 19 heavy (non-hydrogen) atoms. The number of carbonyl (C=O) groups excluding carboxylic acids is 1. The van der Waals surface area contributed by atoms with Gasteiger partial charge in [0.2, 0.25) is 5.91 Å². The molecule has 2 aliphatic carbocycles. The van der Waals surface area contributed by atoms with Crippen LogP contribution >= 0.6 is 11.6 Å². The highest BCUT2D eigenvalue weighted by Gasteiger charge is 2.40. The van der Waals surface area contributed by atoms with Crippen LogP contribution < -0.4 is 5.32 Å². The van der Waals surface area contributed by atoms with E-state index in [1.807, 2.05) is 0 Å². The molecule has 4 heteroatoms. The summed E-state index contributed by atoms with van der Waals surface area (Å²) in [6, 6.07) is 4.31. The zero-order chi connectivity index (χ0) is 13.4. The smallest absolute Gasteiger partial charge is 0.224 e. The van der Waals surface area contributed by atoms with E-state index in [-0.39, 0.29) is 11.6 Å². The van der Waals surface area contributed by atoms with Crippen LogP contribution in [0.4, 0.5) is 10.1 Å². The molecule has 1 N–H and O–H groups in total. The van der Waals surface area contributed by atoms with Gasteiger partial charge >= 0.3 is 0 Å². The number of fused-ring (bicyclic) bond motifs is 2. The molecule has 1 aromatic rings. The topological polar surface area (TPSA) is 29.1 Å². The summed E-state index contributed by atoms with van der Waals surface area (Å²) < 4.78 is 13.6. The summed E-state index contributed by atoms with van der Waals surface area (Å²) in [6.07, 6.45) is 5.56. The number of carbonyl (C=O) groups is 1. The molecule has 0 aliphatic heterocycles. The fraction of sp³-hybridized carbons (Fsp3) is 0.533. The molecular formula is C15H17ClFNO. The molecule has 2 fully saturated rings. The van der Waals surface area contributed by atoms with Crippen LogP contribution in [0, 0.1) is 23.6 Å². The van der Waals surface area contributed by atoms with Crippen molar-refractivity contribution in [1.82, 2.24) is 0 Å². The minimum Gasteiger partial charge on any atom is -0.324 e. The van der Waals surface area contributed by atoms with E-state index in [4.69, 9.17) is 11.6 Å². The number of rotatable bonds is 3. The van der Waals surface area contributed by atoms with E-state index >= 15 is 0 Å². The van der Waals surface area contributed by atoms with Gasteiger partial charge in [0.05, 0.1) is 5.69 Å². The van der Waals surface area contributed by atoms with Crippen molar-refractivity contribution in [3.63, 3.8) is 0 Å². The Morgan fingerprint density at radius 2 is 2.21 bits per heavy atom. The van der Waals surface area contributed by atoms with Crippen LogP contribution in [0.3, 0.4) is 0 Å². The summed E-state index contributed by atoms with van der Waals surface area (Å²) in [5.41, 5.74) is 0.220. The second-order valence-electron chi connectivity index (χ2n) is 5.81. The Hall–Kier alpha value is -1.09. The summed E-state index contributed by atoms with van der Waals surface area (Å²) in [6.45, 7) is 0. The van der Waals surface area contributed by atoms with Crippen LogP contribution in [-0.2, 0) is 4.79 Å². The van der Waals surface area contributed by atoms with Crippen molar-refractivity contribution in [2.45, 2.75) is 32.1 Å². The van der Waals surface area contributed by atoms with Gasteiger partial charge in [0.15, 0.2) is 0 Å².